The number of hydrogen-bond donors (Lipinski definition) is 2. The van der Waals surface area contributed by atoms with Gasteiger partial charge < -0.3 is 14.8 Å². The Morgan fingerprint density at radius 2 is 1.81 bits per heavy atom. The highest BCUT2D eigenvalue weighted by atomic mass is 35.5. The largest absolute Gasteiger partial charge is 0.493 e. The SMILES string of the molecule is COc1cc(/C=N/NC(=O)CNC(=O)c2ccc(F)cc2)ccc1OC(=O)c1sc2ccccc2c1Cl. The molecule has 0 saturated carbocycles. The predicted octanol–water partition coefficient (Wildman–Crippen LogP) is 4.80. The van der Waals surface area contributed by atoms with Crippen LogP contribution >= 0.6 is 22.9 Å². The Labute approximate surface area is 219 Å². The van der Waals surface area contributed by atoms with Crippen LogP contribution in [0.15, 0.2) is 71.8 Å². The molecule has 11 heteroatoms. The maximum atomic E-state index is 12.9. The van der Waals surface area contributed by atoms with E-state index in [1.54, 1.807) is 12.1 Å². The van der Waals surface area contributed by atoms with Crippen LogP contribution in [0.1, 0.15) is 25.6 Å². The maximum absolute atomic E-state index is 12.9. The van der Waals surface area contributed by atoms with E-state index in [2.05, 4.69) is 15.8 Å². The number of nitrogens with one attached hydrogen (secondary N) is 2. The molecule has 1 heterocycles. The van der Waals surface area contributed by atoms with Gasteiger partial charge in [0.05, 0.1) is 24.9 Å². The summed E-state index contributed by atoms with van der Waals surface area (Å²) in [7, 11) is 1.42. The van der Waals surface area contributed by atoms with E-state index in [1.807, 2.05) is 24.3 Å². The number of carbonyl (C=O) groups excluding carboxylic acids is 3. The summed E-state index contributed by atoms with van der Waals surface area (Å²) < 4.78 is 24.7. The fourth-order valence-electron chi connectivity index (χ4n) is 3.22. The second-order valence-electron chi connectivity index (χ2n) is 7.52. The lowest BCUT2D eigenvalue weighted by molar-refractivity contribution is -0.120. The van der Waals surface area contributed by atoms with Crippen LogP contribution in [-0.2, 0) is 4.79 Å². The van der Waals surface area contributed by atoms with Crippen LogP contribution in [0.4, 0.5) is 4.39 Å². The van der Waals surface area contributed by atoms with Gasteiger partial charge in [-0.25, -0.2) is 14.6 Å². The number of nitrogens with zero attached hydrogens (tertiary/aromatic N) is 1. The van der Waals surface area contributed by atoms with E-state index in [4.69, 9.17) is 21.1 Å². The summed E-state index contributed by atoms with van der Waals surface area (Å²) in [4.78, 5) is 37.0. The minimum Gasteiger partial charge on any atom is -0.493 e. The zero-order valence-electron chi connectivity index (χ0n) is 19.3. The monoisotopic (exact) mass is 539 g/mol. The first kappa shape index (κ1) is 25.8. The highest BCUT2D eigenvalue weighted by Crippen LogP contribution is 2.37. The Morgan fingerprint density at radius 3 is 2.54 bits per heavy atom. The number of hydrazone groups is 1. The van der Waals surface area contributed by atoms with Crippen molar-refractivity contribution in [2.75, 3.05) is 13.7 Å². The van der Waals surface area contributed by atoms with Crippen LogP contribution in [0.5, 0.6) is 11.5 Å². The molecular formula is C26H19ClFN3O5S. The van der Waals surface area contributed by atoms with Gasteiger partial charge in [-0.2, -0.15) is 5.10 Å². The minimum atomic E-state index is -0.610. The molecule has 0 atom stereocenters. The number of hydrogen-bond acceptors (Lipinski definition) is 7. The van der Waals surface area contributed by atoms with Gasteiger partial charge in [-0.05, 0) is 54.1 Å². The number of methoxy groups -OCH3 is 1. The first-order chi connectivity index (χ1) is 17.9. The second-order valence-corrected chi connectivity index (χ2v) is 8.95. The molecule has 188 valence electrons. The Balaban J connectivity index is 1.34. The van der Waals surface area contributed by atoms with Gasteiger partial charge in [0, 0.05) is 15.6 Å². The van der Waals surface area contributed by atoms with Crippen molar-refractivity contribution in [2.45, 2.75) is 0 Å². The number of ether oxygens (including phenoxy) is 2. The van der Waals surface area contributed by atoms with Gasteiger partial charge in [-0.15, -0.1) is 11.3 Å². The fraction of sp³-hybridized carbons (Fsp3) is 0.0769. The van der Waals surface area contributed by atoms with Gasteiger partial charge in [0.15, 0.2) is 11.5 Å². The molecule has 0 radical (unpaired) electrons. The molecule has 3 aromatic carbocycles. The molecule has 2 amide bonds. The molecule has 0 saturated heterocycles. The number of thiophene rings is 1. The van der Waals surface area contributed by atoms with Crippen molar-refractivity contribution < 1.29 is 28.2 Å². The zero-order valence-corrected chi connectivity index (χ0v) is 20.9. The number of rotatable bonds is 8. The predicted molar refractivity (Wildman–Crippen MR) is 139 cm³/mol. The normalized spacial score (nSPS) is 10.9. The average Bonchev–Trinajstić information content (AvgIpc) is 3.25. The van der Waals surface area contributed by atoms with Crippen LogP contribution in [0.2, 0.25) is 5.02 Å². The third kappa shape index (κ3) is 6.29. The van der Waals surface area contributed by atoms with Crippen LogP contribution in [-0.4, -0.2) is 37.7 Å². The summed E-state index contributed by atoms with van der Waals surface area (Å²) in [5, 5.41) is 7.37. The van der Waals surface area contributed by atoms with Crippen molar-refractivity contribution in [3.63, 3.8) is 0 Å². The van der Waals surface area contributed by atoms with E-state index in [-0.39, 0.29) is 28.5 Å². The van der Waals surface area contributed by atoms with Gasteiger partial charge in [0.1, 0.15) is 10.7 Å². The van der Waals surface area contributed by atoms with Gasteiger partial charge in [-0.3, -0.25) is 9.59 Å². The molecule has 1 aromatic heterocycles. The lowest BCUT2D eigenvalue weighted by Gasteiger charge is -2.09. The number of carbonyl (C=O) groups is 3. The molecule has 37 heavy (non-hydrogen) atoms. The molecule has 0 spiro atoms. The first-order valence-corrected chi connectivity index (χ1v) is 12.0. The molecule has 8 nitrogen and oxygen atoms in total. The molecule has 4 aromatic rings. The molecule has 0 unspecified atom stereocenters. The highest BCUT2D eigenvalue weighted by Gasteiger charge is 2.20. The number of fused-ring (bicyclic) bond motifs is 1. The standard InChI is InChI=1S/C26H19ClFN3O5S/c1-35-20-12-15(13-30-31-22(32)14-29-25(33)16-7-9-17(28)10-8-16)6-11-19(20)36-26(34)24-23(27)18-4-2-3-5-21(18)37-24/h2-13H,14H2,1H3,(H,29,33)(H,31,32)/b30-13+. The lowest BCUT2D eigenvalue weighted by atomic mass is 10.2. The van der Waals surface area contributed by atoms with Crippen LogP contribution in [0, 0.1) is 5.82 Å². The highest BCUT2D eigenvalue weighted by molar-refractivity contribution is 7.21. The topological polar surface area (TPSA) is 106 Å². The summed E-state index contributed by atoms with van der Waals surface area (Å²) in [5.74, 6) is -1.71. The van der Waals surface area contributed by atoms with E-state index in [0.29, 0.717) is 10.6 Å². The lowest BCUT2D eigenvalue weighted by Crippen LogP contribution is -2.34. The molecule has 2 N–H and O–H groups in total. The molecule has 0 aliphatic rings. The van der Waals surface area contributed by atoms with Gasteiger partial charge in [0.25, 0.3) is 11.8 Å². The summed E-state index contributed by atoms with van der Waals surface area (Å²) in [6.45, 7) is -0.327. The number of esters is 1. The minimum absolute atomic E-state index is 0.186. The van der Waals surface area contributed by atoms with Crippen LogP contribution in [0.25, 0.3) is 10.1 Å². The molecular weight excluding hydrogens is 521 g/mol. The van der Waals surface area contributed by atoms with E-state index in [1.165, 1.54) is 42.9 Å². The van der Waals surface area contributed by atoms with Crippen molar-refractivity contribution in [1.29, 1.82) is 0 Å². The first-order valence-electron chi connectivity index (χ1n) is 10.8. The van der Waals surface area contributed by atoms with Crippen molar-refractivity contribution in [1.82, 2.24) is 10.7 Å². The second kappa shape index (κ2) is 11.6. The third-order valence-electron chi connectivity index (χ3n) is 5.03. The van der Waals surface area contributed by atoms with Crippen molar-refractivity contribution >= 4 is 57.0 Å². The van der Waals surface area contributed by atoms with E-state index in [0.717, 1.165) is 22.2 Å². The van der Waals surface area contributed by atoms with Gasteiger partial charge >= 0.3 is 5.97 Å². The third-order valence-corrected chi connectivity index (χ3v) is 6.68. The zero-order chi connectivity index (χ0) is 26.4. The number of halogens is 2. The molecule has 4 rings (SSSR count). The summed E-state index contributed by atoms with van der Waals surface area (Å²) in [6, 6.07) is 17.0. The van der Waals surface area contributed by atoms with Gasteiger partial charge in [0.2, 0.25) is 0 Å². The molecule has 0 aliphatic carbocycles. The summed E-state index contributed by atoms with van der Waals surface area (Å²) in [6.07, 6.45) is 1.36. The smallest absolute Gasteiger partial charge is 0.355 e. The average molecular weight is 540 g/mol. The Kier molecular flexibility index (Phi) is 8.11. The number of benzene rings is 3. The van der Waals surface area contributed by atoms with Gasteiger partial charge in [-0.1, -0.05) is 29.8 Å². The van der Waals surface area contributed by atoms with E-state index in [9.17, 15) is 18.8 Å². The summed E-state index contributed by atoms with van der Waals surface area (Å²) in [5.41, 5.74) is 3.06. The Hall–Kier alpha value is -4.28. The van der Waals surface area contributed by atoms with E-state index >= 15 is 0 Å². The molecule has 0 aliphatic heterocycles. The van der Waals surface area contributed by atoms with Crippen molar-refractivity contribution in [2.24, 2.45) is 5.10 Å². The van der Waals surface area contributed by atoms with Crippen molar-refractivity contribution in [3.8, 4) is 11.5 Å². The fourth-order valence-corrected chi connectivity index (χ4v) is 4.61. The van der Waals surface area contributed by atoms with Crippen molar-refractivity contribution in [3.05, 3.63) is 93.6 Å². The van der Waals surface area contributed by atoms with E-state index < -0.39 is 23.6 Å². The molecule has 0 fully saturated rings. The quantitative estimate of drug-likeness (QED) is 0.145. The van der Waals surface area contributed by atoms with Crippen LogP contribution in [0.3, 0.4) is 0 Å². The molecule has 0 bridgehead atoms. The van der Waals surface area contributed by atoms with Crippen LogP contribution < -0.4 is 20.2 Å². The Morgan fingerprint density at radius 1 is 1.05 bits per heavy atom. The number of amides is 2. The summed E-state index contributed by atoms with van der Waals surface area (Å²) >= 11 is 7.60. The maximum Gasteiger partial charge on any atom is 0.355 e. The Bertz CT molecular complexity index is 1500.